The zero-order chi connectivity index (χ0) is 12.8. The molecule has 0 aliphatic carbocycles. The number of aliphatic imine (C=N–C) groups is 1. The number of carbonyl (C=O) groups excluding carboxylic acids is 1. The van der Waals surface area contributed by atoms with Gasteiger partial charge in [0.25, 0.3) is 0 Å². The van der Waals surface area contributed by atoms with Crippen LogP contribution in [0.25, 0.3) is 0 Å². The molecule has 17 heavy (non-hydrogen) atoms. The Hall–Kier alpha value is -2.31. The highest BCUT2D eigenvalue weighted by Crippen LogP contribution is 2.24. The zero-order valence-electron chi connectivity index (χ0n) is 8.85. The van der Waals surface area contributed by atoms with Crippen molar-refractivity contribution in [3.05, 3.63) is 29.3 Å². The van der Waals surface area contributed by atoms with E-state index in [0.717, 1.165) is 31.7 Å². The molecule has 0 spiro atoms. The lowest BCUT2D eigenvalue weighted by molar-refractivity contribution is 0.0595. The molecule has 0 bridgehead atoms. The third kappa shape index (κ3) is 2.83. The number of nitrogens with zero attached hydrogens (tertiary/aromatic N) is 2. The van der Waals surface area contributed by atoms with Crippen LogP contribution < -0.4 is 5.84 Å². The van der Waals surface area contributed by atoms with Gasteiger partial charge in [0, 0.05) is 6.21 Å². The summed E-state index contributed by atoms with van der Waals surface area (Å²) >= 11 is 0. The summed E-state index contributed by atoms with van der Waals surface area (Å²) in [5, 5.41) is 3.13. The van der Waals surface area contributed by atoms with Gasteiger partial charge in [-0.15, -0.1) is 0 Å². The molecule has 0 saturated carbocycles. The molecule has 0 saturated heterocycles. The molecule has 0 aromatic heterocycles. The maximum Gasteiger partial charge on any atom is 0.343 e. The summed E-state index contributed by atoms with van der Waals surface area (Å²) in [5.74, 6) is 1.34. The van der Waals surface area contributed by atoms with Crippen molar-refractivity contribution in [1.29, 1.82) is 0 Å². The number of halogens is 2. The minimum absolute atomic E-state index is 0.0735. The fourth-order valence-electron chi connectivity index (χ4n) is 1.10. The lowest BCUT2D eigenvalue weighted by Gasteiger charge is -2.05. The second kappa shape index (κ2) is 5.69. The van der Waals surface area contributed by atoms with E-state index in [4.69, 9.17) is 5.84 Å². The molecule has 1 aromatic rings. The molecule has 0 radical (unpaired) electrons. The normalized spacial score (nSPS) is 11.2. The topological polar surface area (TPSA) is 77.0 Å². The molecule has 1 rings (SSSR count). The van der Waals surface area contributed by atoms with Crippen molar-refractivity contribution in [3.8, 4) is 0 Å². The fourth-order valence-corrected chi connectivity index (χ4v) is 1.10. The SMILES string of the molecule is COC(=O)c1c(N=CC=NN)ccc(F)c1F. The van der Waals surface area contributed by atoms with Crippen LogP contribution in [0.2, 0.25) is 0 Å². The maximum absolute atomic E-state index is 13.4. The van der Waals surface area contributed by atoms with Crippen LogP contribution in [0.1, 0.15) is 10.4 Å². The Morgan fingerprint density at radius 2 is 2.12 bits per heavy atom. The Morgan fingerprint density at radius 3 is 2.71 bits per heavy atom. The molecule has 0 amide bonds. The second-order valence-electron chi connectivity index (χ2n) is 2.82. The van der Waals surface area contributed by atoms with Crippen molar-refractivity contribution >= 4 is 24.1 Å². The summed E-state index contributed by atoms with van der Waals surface area (Å²) in [6, 6.07) is 2.00. The Balaban J connectivity index is 3.30. The monoisotopic (exact) mass is 241 g/mol. The largest absolute Gasteiger partial charge is 0.465 e. The molecule has 5 nitrogen and oxygen atoms in total. The van der Waals surface area contributed by atoms with E-state index in [2.05, 4.69) is 14.8 Å². The van der Waals surface area contributed by atoms with Crippen LogP contribution in [0.15, 0.2) is 22.2 Å². The van der Waals surface area contributed by atoms with E-state index >= 15 is 0 Å². The number of hydrogen-bond donors (Lipinski definition) is 1. The zero-order valence-corrected chi connectivity index (χ0v) is 8.85. The van der Waals surface area contributed by atoms with Gasteiger partial charge in [-0.05, 0) is 12.1 Å². The summed E-state index contributed by atoms with van der Waals surface area (Å²) in [6.07, 6.45) is 2.27. The molecular weight excluding hydrogens is 232 g/mol. The van der Waals surface area contributed by atoms with Gasteiger partial charge in [0.15, 0.2) is 11.6 Å². The van der Waals surface area contributed by atoms with Gasteiger partial charge in [0.2, 0.25) is 0 Å². The molecule has 0 unspecified atom stereocenters. The smallest absolute Gasteiger partial charge is 0.343 e. The average molecular weight is 241 g/mol. The first-order chi connectivity index (χ1) is 8.11. The number of nitrogens with two attached hydrogens (primary N) is 1. The number of ether oxygens (including phenoxy) is 1. The number of carbonyl (C=O) groups is 1. The van der Waals surface area contributed by atoms with Crippen LogP contribution >= 0.6 is 0 Å². The van der Waals surface area contributed by atoms with Crippen LogP contribution in [0.4, 0.5) is 14.5 Å². The van der Waals surface area contributed by atoms with Crippen LogP contribution in [-0.2, 0) is 4.74 Å². The van der Waals surface area contributed by atoms with Crippen molar-refractivity contribution < 1.29 is 18.3 Å². The van der Waals surface area contributed by atoms with Crippen molar-refractivity contribution in [2.75, 3.05) is 7.11 Å². The first-order valence-corrected chi connectivity index (χ1v) is 4.44. The van der Waals surface area contributed by atoms with Crippen LogP contribution in [0.3, 0.4) is 0 Å². The first kappa shape index (κ1) is 12.8. The van der Waals surface area contributed by atoms with E-state index in [1.807, 2.05) is 0 Å². The summed E-state index contributed by atoms with van der Waals surface area (Å²) in [7, 11) is 1.06. The highest BCUT2D eigenvalue weighted by Gasteiger charge is 2.20. The van der Waals surface area contributed by atoms with Crippen LogP contribution in [0, 0.1) is 11.6 Å². The quantitative estimate of drug-likeness (QED) is 0.376. The van der Waals surface area contributed by atoms with Gasteiger partial charge in [-0.1, -0.05) is 0 Å². The summed E-state index contributed by atoms with van der Waals surface area (Å²) in [4.78, 5) is 15.0. The Kier molecular flexibility index (Phi) is 4.27. The molecule has 0 aliphatic heterocycles. The highest BCUT2D eigenvalue weighted by molar-refractivity contribution is 6.17. The average Bonchev–Trinajstić information content (AvgIpc) is 2.33. The van der Waals surface area contributed by atoms with Gasteiger partial charge >= 0.3 is 5.97 Å². The van der Waals surface area contributed by atoms with Crippen molar-refractivity contribution in [1.82, 2.24) is 0 Å². The van der Waals surface area contributed by atoms with Crippen molar-refractivity contribution in [3.63, 3.8) is 0 Å². The van der Waals surface area contributed by atoms with Gasteiger partial charge in [-0.25, -0.2) is 13.6 Å². The molecule has 1 aromatic carbocycles. The van der Waals surface area contributed by atoms with E-state index in [0.29, 0.717) is 0 Å². The number of esters is 1. The van der Waals surface area contributed by atoms with Gasteiger partial charge in [0.05, 0.1) is 19.0 Å². The van der Waals surface area contributed by atoms with Crippen molar-refractivity contribution in [2.24, 2.45) is 15.9 Å². The third-order valence-electron chi connectivity index (χ3n) is 1.83. The van der Waals surface area contributed by atoms with Gasteiger partial charge < -0.3 is 10.6 Å². The number of hydrogen-bond acceptors (Lipinski definition) is 5. The predicted molar refractivity (Wildman–Crippen MR) is 58.5 cm³/mol. The predicted octanol–water partition coefficient (Wildman–Crippen LogP) is 1.40. The number of benzene rings is 1. The Labute approximate surface area is 95.6 Å². The molecule has 0 heterocycles. The summed E-state index contributed by atoms with van der Waals surface area (Å²) < 4.78 is 30.7. The van der Waals surface area contributed by atoms with Gasteiger partial charge in [-0.3, -0.25) is 4.99 Å². The molecule has 0 fully saturated rings. The third-order valence-corrected chi connectivity index (χ3v) is 1.83. The lowest BCUT2D eigenvalue weighted by Crippen LogP contribution is -2.06. The molecule has 7 heteroatoms. The van der Waals surface area contributed by atoms with Crippen LogP contribution in [-0.4, -0.2) is 25.5 Å². The summed E-state index contributed by atoms with van der Waals surface area (Å²) in [6.45, 7) is 0. The molecule has 2 N–H and O–H groups in total. The van der Waals surface area contributed by atoms with Crippen LogP contribution in [0.5, 0.6) is 0 Å². The van der Waals surface area contributed by atoms with Gasteiger partial charge in [-0.2, -0.15) is 5.10 Å². The first-order valence-electron chi connectivity index (χ1n) is 4.44. The lowest BCUT2D eigenvalue weighted by atomic mass is 10.1. The molecule has 0 aliphatic rings. The Bertz CT molecular complexity index is 487. The molecular formula is C10H9F2N3O2. The van der Waals surface area contributed by atoms with E-state index < -0.39 is 23.2 Å². The number of methoxy groups -OCH3 is 1. The Morgan fingerprint density at radius 1 is 1.41 bits per heavy atom. The van der Waals surface area contributed by atoms with E-state index in [9.17, 15) is 13.6 Å². The maximum atomic E-state index is 13.4. The van der Waals surface area contributed by atoms with Crippen molar-refractivity contribution in [2.45, 2.75) is 0 Å². The second-order valence-corrected chi connectivity index (χ2v) is 2.82. The highest BCUT2D eigenvalue weighted by atomic mass is 19.2. The number of rotatable bonds is 3. The minimum Gasteiger partial charge on any atom is -0.465 e. The fraction of sp³-hybridized carbons (Fsp3) is 0.100. The molecule has 0 atom stereocenters. The van der Waals surface area contributed by atoms with Gasteiger partial charge in [0.1, 0.15) is 5.56 Å². The molecule has 90 valence electrons. The summed E-state index contributed by atoms with van der Waals surface area (Å²) in [5.41, 5.74) is -0.648. The van der Waals surface area contributed by atoms with E-state index in [1.165, 1.54) is 0 Å². The number of hydrazone groups is 1. The standard InChI is InChI=1S/C10H9F2N3O2/c1-17-10(16)8-7(14-4-5-15-13)3-2-6(11)9(8)12/h2-5H,13H2,1H3. The van der Waals surface area contributed by atoms with E-state index in [1.54, 1.807) is 0 Å². The van der Waals surface area contributed by atoms with E-state index in [-0.39, 0.29) is 5.69 Å². The minimum atomic E-state index is -1.31.